The average Bonchev–Trinajstić information content (AvgIpc) is 3.02. The maximum atomic E-state index is 13.0. The summed E-state index contributed by atoms with van der Waals surface area (Å²) in [4.78, 5) is 26.7. The minimum atomic E-state index is -0.486. The van der Waals surface area contributed by atoms with E-state index >= 15 is 0 Å². The number of rotatable bonds is 5. The lowest BCUT2D eigenvalue weighted by Crippen LogP contribution is -2.52. The molecule has 2 N–H and O–H groups in total. The third-order valence-corrected chi connectivity index (χ3v) is 5.60. The summed E-state index contributed by atoms with van der Waals surface area (Å²) in [5, 5.41) is 12.6. The van der Waals surface area contributed by atoms with Gasteiger partial charge in [-0.15, -0.1) is 0 Å². The van der Waals surface area contributed by atoms with E-state index in [1.165, 1.54) is 26.2 Å². The fourth-order valence-corrected chi connectivity index (χ4v) is 4.37. The van der Waals surface area contributed by atoms with E-state index in [1.54, 1.807) is 4.90 Å². The summed E-state index contributed by atoms with van der Waals surface area (Å²) in [6.45, 7) is 1.58. The van der Waals surface area contributed by atoms with E-state index in [4.69, 9.17) is 0 Å². The van der Waals surface area contributed by atoms with Crippen molar-refractivity contribution in [3.63, 3.8) is 0 Å². The number of fused-ring (bicyclic) bond motifs is 1. The number of aliphatic hydroxyl groups is 1. The molecule has 0 saturated heterocycles. The van der Waals surface area contributed by atoms with E-state index < -0.39 is 6.04 Å². The van der Waals surface area contributed by atoms with Crippen LogP contribution in [0.1, 0.15) is 51.0 Å². The molecule has 1 fully saturated rings. The number of nitrogens with one attached hydrogen (secondary N) is 1. The highest BCUT2D eigenvalue weighted by molar-refractivity contribution is 6.02. The molecule has 2 atom stereocenters. The Morgan fingerprint density at radius 1 is 1.24 bits per heavy atom. The second-order valence-corrected chi connectivity index (χ2v) is 7.26. The Hall–Kier alpha value is -1.88. The number of aliphatic hydroxyl groups excluding tert-OH is 1. The molecule has 0 bridgehead atoms. The Labute approximate surface area is 149 Å². The van der Waals surface area contributed by atoms with Crippen molar-refractivity contribution in [3.05, 3.63) is 29.8 Å². The SMILES string of the molecule is CC(=O)N1c2ccccc2C[C@H]1C(=O)NC(CCO)C1CCCCC1. The van der Waals surface area contributed by atoms with Crippen molar-refractivity contribution in [2.45, 2.75) is 64.0 Å². The molecule has 1 saturated carbocycles. The maximum Gasteiger partial charge on any atom is 0.243 e. The number of nitrogens with zero attached hydrogens (tertiary/aromatic N) is 1. The molecule has 0 spiro atoms. The molecule has 5 nitrogen and oxygen atoms in total. The molecule has 5 heteroatoms. The first-order chi connectivity index (χ1) is 12.1. The van der Waals surface area contributed by atoms with Crippen LogP contribution in [-0.2, 0) is 16.0 Å². The summed E-state index contributed by atoms with van der Waals surface area (Å²) in [5.74, 6) is 0.219. The molecule has 3 rings (SSSR count). The summed E-state index contributed by atoms with van der Waals surface area (Å²) in [6.07, 6.45) is 6.98. The van der Waals surface area contributed by atoms with Gasteiger partial charge >= 0.3 is 0 Å². The third-order valence-electron chi connectivity index (χ3n) is 5.60. The predicted octanol–water partition coefficient (Wildman–Crippen LogP) is 2.41. The van der Waals surface area contributed by atoms with Crippen LogP contribution in [0.4, 0.5) is 5.69 Å². The van der Waals surface area contributed by atoms with Gasteiger partial charge in [-0.3, -0.25) is 14.5 Å². The van der Waals surface area contributed by atoms with Gasteiger partial charge < -0.3 is 10.4 Å². The van der Waals surface area contributed by atoms with Crippen LogP contribution < -0.4 is 10.2 Å². The van der Waals surface area contributed by atoms with Gasteiger partial charge in [-0.05, 0) is 36.8 Å². The number of benzene rings is 1. The monoisotopic (exact) mass is 344 g/mol. The number of carbonyl (C=O) groups is 2. The minimum Gasteiger partial charge on any atom is -0.396 e. The first-order valence-electron chi connectivity index (χ1n) is 9.40. The molecule has 1 unspecified atom stereocenters. The summed E-state index contributed by atoms with van der Waals surface area (Å²) in [6, 6.07) is 7.22. The lowest BCUT2D eigenvalue weighted by molar-refractivity contribution is -0.126. The molecule has 0 aromatic heterocycles. The number of anilines is 1. The number of para-hydroxylation sites is 1. The molecule has 1 aromatic rings. The van der Waals surface area contributed by atoms with Gasteiger partial charge in [-0.2, -0.15) is 0 Å². The van der Waals surface area contributed by atoms with Crippen molar-refractivity contribution in [3.8, 4) is 0 Å². The van der Waals surface area contributed by atoms with E-state index in [0.717, 1.165) is 24.1 Å². The van der Waals surface area contributed by atoms with Crippen LogP contribution in [0.3, 0.4) is 0 Å². The second-order valence-electron chi connectivity index (χ2n) is 7.26. The minimum absolute atomic E-state index is 0.00433. The zero-order chi connectivity index (χ0) is 17.8. The Morgan fingerprint density at radius 3 is 2.64 bits per heavy atom. The molecule has 1 aliphatic heterocycles. The Morgan fingerprint density at radius 2 is 1.96 bits per heavy atom. The van der Waals surface area contributed by atoms with Crippen LogP contribution in [0, 0.1) is 5.92 Å². The molecule has 25 heavy (non-hydrogen) atoms. The molecule has 0 radical (unpaired) electrons. The van der Waals surface area contributed by atoms with E-state index in [0.29, 0.717) is 18.8 Å². The maximum absolute atomic E-state index is 13.0. The van der Waals surface area contributed by atoms with E-state index in [1.807, 2.05) is 24.3 Å². The summed E-state index contributed by atoms with van der Waals surface area (Å²) in [5.41, 5.74) is 1.88. The zero-order valence-electron chi connectivity index (χ0n) is 14.9. The Balaban J connectivity index is 1.74. The lowest BCUT2D eigenvalue weighted by Gasteiger charge is -2.32. The molecule has 2 amide bonds. The average molecular weight is 344 g/mol. The fraction of sp³-hybridized carbons (Fsp3) is 0.600. The molecule has 2 aliphatic rings. The number of hydrogen-bond acceptors (Lipinski definition) is 3. The number of amides is 2. The fourth-order valence-electron chi connectivity index (χ4n) is 4.37. The summed E-state index contributed by atoms with van der Waals surface area (Å²) < 4.78 is 0. The molecule has 136 valence electrons. The Bertz CT molecular complexity index is 625. The number of carbonyl (C=O) groups excluding carboxylic acids is 2. The zero-order valence-corrected chi connectivity index (χ0v) is 14.9. The van der Waals surface area contributed by atoms with Crippen molar-refractivity contribution >= 4 is 17.5 Å². The number of hydrogen-bond donors (Lipinski definition) is 2. The normalized spacial score (nSPS) is 21.7. The summed E-state index contributed by atoms with van der Waals surface area (Å²) >= 11 is 0. The largest absolute Gasteiger partial charge is 0.396 e. The van der Waals surface area contributed by atoms with Gasteiger partial charge in [0.2, 0.25) is 11.8 Å². The van der Waals surface area contributed by atoms with Crippen molar-refractivity contribution in [1.82, 2.24) is 5.32 Å². The molecule has 1 aliphatic carbocycles. The van der Waals surface area contributed by atoms with Gasteiger partial charge in [0.1, 0.15) is 6.04 Å². The van der Waals surface area contributed by atoms with Crippen LogP contribution >= 0.6 is 0 Å². The van der Waals surface area contributed by atoms with Gasteiger partial charge in [-0.25, -0.2) is 0 Å². The first kappa shape index (κ1) is 17.9. The van der Waals surface area contributed by atoms with E-state index in [9.17, 15) is 14.7 Å². The van der Waals surface area contributed by atoms with Gasteiger partial charge in [0.25, 0.3) is 0 Å². The van der Waals surface area contributed by atoms with E-state index in [2.05, 4.69) is 5.32 Å². The van der Waals surface area contributed by atoms with Gasteiger partial charge in [0.15, 0.2) is 0 Å². The van der Waals surface area contributed by atoms with Gasteiger partial charge in [-0.1, -0.05) is 37.5 Å². The lowest BCUT2D eigenvalue weighted by atomic mass is 9.82. The van der Waals surface area contributed by atoms with Gasteiger partial charge in [0.05, 0.1) is 0 Å². The van der Waals surface area contributed by atoms with Crippen molar-refractivity contribution < 1.29 is 14.7 Å². The van der Waals surface area contributed by atoms with Crippen LogP contribution in [0.2, 0.25) is 0 Å². The van der Waals surface area contributed by atoms with Crippen molar-refractivity contribution in [1.29, 1.82) is 0 Å². The highest BCUT2D eigenvalue weighted by Crippen LogP contribution is 2.33. The highest BCUT2D eigenvalue weighted by Gasteiger charge is 2.38. The third kappa shape index (κ3) is 3.87. The summed E-state index contributed by atoms with van der Waals surface area (Å²) in [7, 11) is 0. The molecular formula is C20H28N2O3. The first-order valence-corrected chi connectivity index (χ1v) is 9.40. The van der Waals surface area contributed by atoms with Crippen LogP contribution in [0.5, 0.6) is 0 Å². The second kappa shape index (κ2) is 8.00. The van der Waals surface area contributed by atoms with Crippen molar-refractivity contribution in [2.75, 3.05) is 11.5 Å². The highest BCUT2D eigenvalue weighted by atomic mass is 16.3. The predicted molar refractivity (Wildman–Crippen MR) is 97.3 cm³/mol. The van der Waals surface area contributed by atoms with Crippen molar-refractivity contribution in [2.24, 2.45) is 5.92 Å². The van der Waals surface area contributed by atoms with Gasteiger partial charge in [0, 0.05) is 31.7 Å². The van der Waals surface area contributed by atoms with Crippen LogP contribution in [-0.4, -0.2) is 35.6 Å². The van der Waals surface area contributed by atoms with E-state index in [-0.39, 0.29) is 24.5 Å². The smallest absolute Gasteiger partial charge is 0.243 e. The topological polar surface area (TPSA) is 69.6 Å². The van der Waals surface area contributed by atoms with Crippen LogP contribution in [0.25, 0.3) is 0 Å². The van der Waals surface area contributed by atoms with Crippen LogP contribution in [0.15, 0.2) is 24.3 Å². The molecular weight excluding hydrogens is 316 g/mol. The molecule has 1 heterocycles. The molecule has 1 aromatic carbocycles. The standard InChI is InChI=1S/C20H28N2O3/c1-14(24)22-18-10-6-5-9-16(18)13-19(22)20(25)21-17(11-12-23)15-7-3-2-4-8-15/h5-6,9-10,15,17,19,23H,2-4,7-8,11-13H2,1H3,(H,21,25)/t17?,19-/m0/s1. The quantitative estimate of drug-likeness (QED) is 0.862. The Kier molecular flexibility index (Phi) is 5.74.